The van der Waals surface area contributed by atoms with Crippen molar-refractivity contribution in [3.8, 4) is 11.3 Å². The summed E-state index contributed by atoms with van der Waals surface area (Å²) < 4.78 is 5.39. The van der Waals surface area contributed by atoms with E-state index in [2.05, 4.69) is 5.32 Å². The number of amides is 1. The van der Waals surface area contributed by atoms with Crippen molar-refractivity contribution in [2.75, 3.05) is 11.9 Å². The van der Waals surface area contributed by atoms with Crippen LogP contribution in [0.5, 0.6) is 0 Å². The highest BCUT2D eigenvalue weighted by Crippen LogP contribution is 2.27. The van der Waals surface area contributed by atoms with Gasteiger partial charge in [-0.05, 0) is 68.3 Å². The number of carbonyl (C=O) groups excluding carboxylic acids is 2. The molecule has 0 radical (unpaired) electrons. The first kappa shape index (κ1) is 22.5. The molecule has 0 spiro atoms. The first-order valence-electron chi connectivity index (χ1n) is 10.5. The lowest BCUT2D eigenvalue weighted by Crippen LogP contribution is -2.21. The topological polar surface area (TPSA) is 68.3 Å². The lowest BCUT2D eigenvalue weighted by atomic mass is 10.0. The maximum absolute atomic E-state index is 13.0. The van der Waals surface area contributed by atoms with Gasteiger partial charge in [0.1, 0.15) is 0 Å². The van der Waals surface area contributed by atoms with Crippen molar-refractivity contribution < 1.29 is 14.3 Å². The van der Waals surface area contributed by atoms with Crippen LogP contribution in [0.1, 0.15) is 27.0 Å². The molecule has 33 heavy (non-hydrogen) atoms. The summed E-state index contributed by atoms with van der Waals surface area (Å²) in [5, 5.41) is 4.09. The van der Waals surface area contributed by atoms with Gasteiger partial charge in [0.2, 0.25) is 0 Å². The molecule has 5 nitrogen and oxygen atoms in total. The molecule has 0 atom stereocenters. The van der Waals surface area contributed by atoms with Gasteiger partial charge in [0.05, 0.1) is 16.8 Å². The molecule has 0 unspecified atom stereocenters. The Hall–Kier alpha value is -3.70. The summed E-state index contributed by atoms with van der Waals surface area (Å²) >= 11 is 6.01. The number of halogens is 1. The monoisotopic (exact) mass is 458 g/mol. The number of pyridine rings is 1. The van der Waals surface area contributed by atoms with Gasteiger partial charge in [-0.15, -0.1) is 0 Å². The Morgan fingerprint density at radius 1 is 0.970 bits per heavy atom. The Morgan fingerprint density at radius 2 is 1.73 bits per heavy atom. The molecule has 0 saturated heterocycles. The number of hydrogen-bond donors (Lipinski definition) is 1. The number of esters is 1. The molecule has 1 N–H and O–H groups in total. The van der Waals surface area contributed by atoms with E-state index < -0.39 is 18.5 Å². The molecule has 1 aromatic heterocycles. The fourth-order valence-corrected chi connectivity index (χ4v) is 3.68. The molecule has 0 saturated carbocycles. The van der Waals surface area contributed by atoms with Crippen LogP contribution < -0.4 is 5.32 Å². The Bertz CT molecular complexity index is 1360. The quantitative estimate of drug-likeness (QED) is 0.357. The van der Waals surface area contributed by atoms with E-state index in [1.165, 1.54) is 0 Å². The van der Waals surface area contributed by atoms with E-state index in [1.807, 2.05) is 69.3 Å². The lowest BCUT2D eigenvalue weighted by molar-refractivity contribution is -0.119. The van der Waals surface area contributed by atoms with Gasteiger partial charge >= 0.3 is 5.97 Å². The van der Waals surface area contributed by atoms with Crippen LogP contribution in [-0.4, -0.2) is 23.5 Å². The van der Waals surface area contributed by atoms with Crippen LogP contribution in [0, 0.1) is 20.8 Å². The summed E-state index contributed by atoms with van der Waals surface area (Å²) in [6, 6.07) is 20.3. The van der Waals surface area contributed by atoms with Crippen molar-refractivity contribution in [1.29, 1.82) is 0 Å². The fraction of sp³-hybridized carbons (Fsp3) is 0.148. The van der Waals surface area contributed by atoms with Gasteiger partial charge in [-0.2, -0.15) is 0 Å². The number of benzene rings is 3. The van der Waals surface area contributed by atoms with Crippen molar-refractivity contribution in [3.63, 3.8) is 0 Å². The van der Waals surface area contributed by atoms with Gasteiger partial charge in [-0.3, -0.25) is 4.79 Å². The van der Waals surface area contributed by atoms with Crippen LogP contribution in [0.2, 0.25) is 5.02 Å². The SMILES string of the molecule is Cc1ccc2nc(-c3ccc(Cl)cc3)cc(C(=O)OCC(=O)Nc3cccc(C)c3C)c2c1. The van der Waals surface area contributed by atoms with E-state index in [-0.39, 0.29) is 0 Å². The molecule has 3 aromatic carbocycles. The minimum absolute atomic E-state index is 0.355. The van der Waals surface area contributed by atoms with E-state index in [1.54, 1.807) is 18.2 Å². The molecule has 4 aromatic rings. The Balaban J connectivity index is 1.60. The average molecular weight is 459 g/mol. The Kier molecular flexibility index (Phi) is 6.43. The van der Waals surface area contributed by atoms with Crippen molar-refractivity contribution in [1.82, 2.24) is 4.98 Å². The third kappa shape index (κ3) is 5.04. The molecule has 0 aliphatic heterocycles. The summed E-state index contributed by atoms with van der Waals surface area (Å²) in [7, 11) is 0. The van der Waals surface area contributed by atoms with Crippen molar-refractivity contribution in [2.45, 2.75) is 20.8 Å². The number of nitrogens with one attached hydrogen (secondary N) is 1. The van der Waals surface area contributed by atoms with Crippen LogP contribution >= 0.6 is 11.6 Å². The van der Waals surface area contributed by atoms with Crippen molar-refractivity contribution in [2.24, 2.45) is 0 Å². The standard InChI is InChI=1S/C27H23ClN2O3/c1-16-7-12-24-21(13-16)22(14-25(29-24)19-8-10-20(28)11-9-19)27(32)33-15-26(31)30-23-6-4-5-17(2)18(23)3/h4-14H,15H2,1-3H3,(H,30,31). The number of aromatic nitrogens is 1. The third-order valence-electron chi connectivity index (χ3n) is 5.54. The van der Waals surface area contributed by atoms with Gasteiger partial charge in [0, 0.05) is 21.7 Å². The van der Waals surface area contributed by atoms with E-state index in [9.17, 15) is 9.59 Å². The molecular formula is C27H23ClN2O3. The van der Waals surface area contributed by atoms with Crippen LogP contribution in [0.15, 0.2) is 66.7 Å². The molecule has 166 valence electrons. The summed E-state index contributed by atoms with van der Waals surface area (Å²) in [6.45, 7) is 5.46. The number of anilines is 1. The summed E-state index contributed by atoms with van der Waals surface area (Å²) in [5.41, 5.74) is 6.20. The predicted molar refractivity (Wildman–Crippen MR) is 132 cm³/mol. The number of ether oxygens (including phenoxy) is 1. The first-order valence-corrected chi connectivity index (χ1v) is 10.9. The normalized spacial score (nSPS) is 10.8. The maximum atomic E-state index is 13.0. The van der Waals surface area contributed by atoms with Crippen molar-refractivity contribution >= 4 is 40.1 Å². The summed E-state index contributed by atoms with van der Waals surface area (Å²) in [5.74, 6) is -0.983. The van der Waals surface area contributed by atoms with E-state index in [4.69, 9.17) is 21.3 Å². The Labute approximate surface area is 197 Å². The Morgan fingerprint density at radius 3 is 2.48 bits per heavy atom. The molecule has 0 fully saturated rings. The molecular weight excluding hydrogens is 436 g/mol. The van der Waals surface area contributed by atoms with E-state index in [0.29, 0.717) is 32.9 Å². The van der Waals surface area contributed by atoms with E-state index in [0.717, 1.165) is 22.3 Å². The number of rotatable bonds is 5. The van der Waals surface area contributed by atoms with Crippen LogP contribution in [-0.2, 0) is 9.53 Å². The summed E-state index contributed by atoms with van der Waals surface area (Å²) in [4.78, 5) is 30.2. The molecule has 1 amide bonds. The predicted octanol–water partition coefficient (Wildman–Crippen LogP) is 6.28. The van der Waals surface area contributed by atoms with Gasteiger partial charge in [-0.1, -0.05) is 47.5 Å². The number of carbonyl (C=O) groups is 2. The molecule has 0 bridgehead atoms. The maximum Gasteiger partial charge on any atom is 0.339 e. The number of nitrogens with zero attached hydrogens (tertiary/aromatic N) is 1. The van der Waals surface area contributed by atoms with Gasteiger partial charge in [0.15, 0.2) is 6.61 Å². The summed E-state index contributed by atoms with van der Waals surface area (Å²) in [6.07, 6.45) is 0. The minimum Gasteiger partial charge on any atom is -0.452 e. The number of aryl methyl sites for hydroxylation is 2. The van der Waals surface area contributed by atoms with Crippen molar-refractivity contribution in [3.05, 3.63) is 94.0 Å². The van der Waals surface area contributed by atoms with E-state index >= 15 is 0 Å². The highest BCUT2D eigenvalue weighted by atomic mass is 35.5. The molecule has 6 heteroatoms. The third-order valence-corrected chi connectivity index (χ3v) is 5.79. The number of hydrogen-bond acceptors (Lipinski definition) is 4. The van der Waals surface area contributed by atoms with Crippen LogP contribution in [0.25, 0.3) is 22.2 Å². The highest BCUT2D eigenvalue weighted by molar-refractivity contribution is 6.30. The second-order valence-electron chi connectivity index (χ2n) is 7.95. The average Bonchev–Trinajstić information content (AvgIpc) is 2.80. The van der Waals surface area contributed by atoms with Crippen LogP contribution in [0.3, 0.4) is 0 Å². The second kappa shape index (κ2) is 9.43. The zero-order valence-corrected chi connectivity index (χ0v) is 19.4. The minimum atomic E-state index is -0.584. The fourth-order valence-electron chi connectivity index (χ4n) is 3.56. The molecule has 4 rings (SSSR count). The zero-order valence-electron chi connectivity index (χ0n) is 18.6. The highest BCUT2D eigenvalue weighted by Gasteiger charge is 2.17. The molecule has 0 aliphatic carbocycles. The van der Waals surface area contributed by atoms with Gasteiger partial charge < -0.3 is 10.1 Å². The zero-order chi connectivity index (χ0) is 23.5. The first-order chi connectivity index (χ1) is 15.8. The lowest BCUT2D eigenvalue weighted by Gasteiger charge is -2.12. The molecule has 0 aliphatic rings. The second-order valence-corrected chi connectivity index (χ2v) is 8.39. The van der Waals surface area contributed by atoms with Gasteiger partial charge in [0.25, 0.3) is 5.91 Å². The molecule has 1 heterocycles. The van der Waals surface area contributed by atoms with Gasteiger partial charge in [-0.25, -0.2) is 9.78 Å². The smallest absolute Gasteiger partial charge is 0.339 e. The largest absolute Gasteiger partial charge is 0.452 e. The van der Waals surface area contributed by atoms with Crippen LogP contribution in [0.4, 0.5) is 5.69 Å². The number of fused-ring (bicyclic) bond motifs is 1.